The molecule has 0 radical (unpaired) electrons. The van der Waals surface area contributed by atoms with Gasteiger partial charge < -0.3 is 14.6 Å². The molecule has 27 heavy (non-hydrogen) atoms. The van der Waals surface area contributed by atoms with Crippen LogP contribution in [0.25, 0.3) is 0 Å². The third-order valence-electron chi connectivity index (χ3n) is 5.92. The molecule has 6 nitrogen and oxygen atoms in total. The Bertz CT molecular complexity index is 797. The van der Waals surface area contributed by atoms with Crippen LogP contribution in [-0.4, -0.2) is 47.8 Å². The minimum atomic E-state index is -0.203. The van der Waals surface area contributed by atoms with Gasteiger partial charge in [-0.3, -0.25) is 9.69 Å². The molecule has 2 fully saturated rings. The quantitative estimate of drug-likeness (QED) is 0.848. The lowest BCUT2D eigenvalue weighted by Crippen LogP contribution is -2.64. The molecule has 2 aromatic rings. The summed E-state index contributed by atoms with van der Waals surface area (Å²) >= 11 is 0. The molecule has 144 valence electrons. The van der Waals surface area contributed by atoms with E-state index in [-0.39, 0.29) is 17.3 Å². The van der Waals surface area contributed by atoms with Crippen LogP contribution in [0.4, 0.5) is 0 Å². The highest BCUT2D eigenvalue weighted by atomic mass is 16.5. The lowest BCUT2D eigenvalue weighted by atomic mass is 9.78. The number of rotatable bonds is 6. The van der Waals surface area contributed by atoms with Crippen molar-refractivity contribution in [2.75, 3.05) is 26.2 Å². The fourth-order valence-corrected chi connectivity index (χ4v) is 4.36. The molecule has 2 aliphatic rings. The number of carbonyl (C=O) groups excluding carboxylic acids is 1. The smallest absolute Gasteiger partial charge is 0.289 e. The van der Waals surface area contributed by atoms with E-state index in [9.17, 15) is 4.79 Å². The predicted octanol–water partition coefficient (Wildman–Crippen LogP) is 2.70. The summed E-state index contributed by atoms with van der Waals surface area (Å²) in [7, 11) is 0. The maximum absolute atomic E-state index is 12.0. The van der Waals surface area contributed by atoms with E-state index < -0.39 is 0 Å². The molecule has 2 saturated heterocycles. The molecule has 0 bridgehead atoms. The lowest BCUT2D eigenvalue weighted by molar-refractivity contribution is -0.136. The monoisotopic (exact) mass is 369 g/mol. The van der Waals surface area contributed by atoms with Gasteiger partial charge in [-0.15, -0.1) is 0 Å². The van der Waals surface area contributed by atoms with E-state index in [0.29, 0.717) is 12.5 Å². The van der Waals surface area contributed by atoms with E-state index in [4.69, 9.17) is 9.26 Å². The molecule has 1 N–H and O–H groups in total. The van der Waals surface area contributed by atoms with Crippen LogP contribution in [0.3, 0.4) is 0 Å². The molecular formula is C21H27N3O3. The number of ether oxygens (including phenoxy) is 1. The molecule has 3 heterocycles. The molecule has 0 saturated carbocycles. The number of hydrogen-bond donors (Lipinski definition) is 1. The van der Waals surface area contributed by atoms with Crippen molar-refractivity contribution in [2.24, 2.45) is 5.92 Å². The van der Waals surface area contributed by atoms with E-state index >= 15 is 0 Å². The summed E-state index contributed by atoms with van der Waals surface area (Å²) in [6.45, 7) is 8.69. The van der Waals surface area contributed by atoms with Gasteiger partial charge in [0, 0.05) is 38.9 Å². The second kappa shape index (κ2) is 7.44. The first-order valence-corrected chi connectivity index (χ1v) is 9.67. The number of hydrogen-bond acceptors (Lipinski definition) is 5. The van der Waals surface area contributed by atoms with Crippen LogP contribution in [0, 0.1) is 19.8 Å². The third-order valence-corrected chi connectivity index (χ3v) is 5.92. The summed E-state index contributed by atoms with van der Waals surface area (Å²) in [5.41, 5.74) is 4.02. The molecule has 1 aromatic carbocycles. The van der Waals surface area contributed by atoms with E-state index in [0.717, 1.165) is 39.1 Å². The van der Waals surface area contributed by atoms with Gasteiger partial charge >= 0.3 is 0 Å². The topological polar surface area (TPSA) is 67.6 Å². The van der Waals surface area contributed by atoms with Gasteiger partial charge in [-0.2, -0.15) is 0 Å². The zero-order valence-corrected chi connectivity index (χ0v) is 16.0. The zero-order valence-electron chi connectivity index (χ0n) is 16.0. The van der Waals surface area contributed by atoms with E-state index in [1.54, 1.807) is 6.07 Å². The van der Waals surface area contributed by atoms with Crippen molar-refractivity contribution in [3.63, 3.8) is 0 Å². The van der Waals surface area contributed by atoms with Gasteiger partial charge in [0.15, 0.2) is 0 Å². The first kappa shape index (κ1) is 18.2. The van der Waals surface area contributed by atoms with Crippen LogP contribution in [0.1, 0.15) is 40.1 Å². The molecule has 1 atom stereocenters. The lowest BCUT2D eigenvalue weighted by Gasteiger charge is -2.50. The highest BCUT2D eigenvalue weighted by Crippen LogP contribution is 2.42. The van der Waals surface area contributed by atoms with Crippen LogP contribution in [0.15, 0.2) is 35.0 Å². The first-order valence-electron chi connectivity index (χ1n) is 9.67. The highest BCUT2D eigenvalue weighted by molar-refractivity contribution is 5.91. The Hall–Kier alpha value is -2.18. The standard InChI is InChI=1S/C21H27N3O3/c1-15-3-4-16(2)17(11-15)12-24-13-21(14-24)18(7-10-26-21)5-8-22-20(25)19-6-9-23-27-19/h3-4,6,9,11,18H,5,7-8,10,12-14H2,1-2H3,(H,22,25). The molecule has 1 aromatic heterocycles. The fourth-order valence-electron chi connectivity index (χ4n) is 4.36. The predicted molar refractivity (Wildman–Crippen MR) is 101 cm³/mol. The second-order valence-electron chi connectivity index (χ2n) is 7.90. The summed E-state index contributed by atoms with van der Waals surface area (Å²) in [5, 5.41) is 6.49. The average Bonchev–Trinajstić information content (AvgIpc) is 3.28. The highest BCUT2D eigenvalue weighted by Gasteiger charge is 2.52. The van der Waals surface area contributed by atoms with Gasteiger partial charge in [-0.25, -0.2) is 0 Å². The van der Waals surface area contributed by atoms with Crippen LogP contribution < -0.4 is 5.32 Å². The Morgan fingerprint density at radius 1 is 1.33 bits per heavy atom. The number of nitrogens with zero attached hydrogens (tertiary/aromatic N) is 2. The van der Waals surface area contributed by atoms with Crippen molar-refractivity contribution < 1.29 is 14.1 Å². The van der Waals surface area contributed by atoms with E-state index in [1.807, 2.05) is 0 Å². The Morgan fingerprint density at radius 2 is 2.19 bits per heavy atom. The largest absolute Gasteiger partial charge is 0.372 e. The molecule has 1 unspecified atom stereocenters. The minimum Gasteiger partial charge on any atom is -0.372 e. The van der Waals surface area contributed by atoms with E-state index in [2.05, 4.69) is 47.4 Å². The van der Waals surface area contributed by atoms with Gasteiger partial charge in [0.1, 0.15) is 0 Å². The molecular weight excluding hydrogens is 342 g/mol. The number of amides is 1. The molecule has 1 spiro atoms. The van der Waals surface area contributed by atoms with Crippen molar-refractivity contribution >= 4 is 5.91 Å². The van der Waals surface area contributed by atoms with Gasteiger partial charge in [0.05, 0.1) is 11.8 Å². The number of aromatic nitrogens is 1. The SMILES string of the molecule is Cc1ccc(C)c(CN2CC3(C2)OCCC3CCNC(=O)c2ccno2)c1. The van der Waals surface area contributed by atoms with Crippen LogP contribution in [0.2, 0.25) is 0 Å². The number of likely N-dealkylation sites (tertiary alicyclic amines) is 1. The third kappa shape index (κ3) is 3.77. The summed E-state index contributed by atoms with van der Waals surface area (Å²) in [4.78, 5) is 14.4. The van der Waals surface area contributed by atoms with Crippen molar-refractivity contribution in [3.05, 3.63) is 52.9 Å². The first-order chi connectivity index (χ1) is 13.1. The molecule has 1 amide bonds. The summed E-state index contributed by atoms with van der Waals surface area (Å²) in [6, 6.07) is 8.23. The Morgan fingerprint density at radius 3 is 2.96 bits per heavy atom. The van der Waals surface area contributed by atoms with Crippen molar-refractivity contribution in [1.82, 2.24) is 15.4 Å². The van der Waals surface area contributed by atoms with Gasteiger partial charge in [0.25, 0.3) is 5.91 Å². The van der Waals surface area contributed by atoms with Crippen LogP contribution >= 0.6 is 0 Å². The maximum Gasteiger partial charge on any atom is 0.289 e. The molecule has 2 aliphatic heterocycles. The normalized spacial score (nSPS) is 21.3. The molecule has 0 aliphatic carbocycles. The van der Waals surface area contributed by atoms with Gasteiger partial charge in [-0.1, -0.05) is 28.9 Å². The van der Waals surface area contributed by atoms with Crippen molar-refractivity contribution in [1.29, 1.82) is 0 Å². The minimum absolute atomic E-state index is 0.0330. The number of benzene rings is 1. The van der Waals surface area contributed by atoms with Gasteiger partial charge in [0.2, 0.25) is 5.76 Å². The van der Waals surface area contributed by atoms with Crippen molar-refractivity contribution in [2.45, 2.75) is 38.8 Å². The maximum atomic E-state index is 12.0. The summed E-state index contributed by atoms with van der Waals surface area (Å²) in [6.07, 6.45) is 3.47. The Labute approximate surface area is 159 Å². The Balaban J connectivity index is 1.28. The molecule has 4 rings (SSSR count). The molecule has 6 heteroatoms. The number of aryl methyl sites for hydroxylation is 2. The Kier molecular flexibility index (Phi) is 5.02. The van der Waals surface area contributed by atoms with Crippen molar-refractivity contribution in [3.8, 4) is 0 Å². The second-order valence-corrected chi connectivity index (χ2v) is 7.90. The summed E-state index contributed by atoms with van der Waals surface area (Å²) < 4.78 is 11.0. The van der Waals surface area contributed by atoms with Gasteiger partial charge in [-0.05, 0) is 43.7 Å². The fraction of sp³-hybridized carbons (Fsp3) is 0.524. The van der Waals surface area contributed by atoms with Crippen LogP contribution in [-0.2, 0) is 11.3 Å². The number of carbonyl (C=O) groups is 1. The average molecular weight is 369 g/mol. The zero-order chi connectivity index (χ0) is 18.9. The summed E-state index contributed by atoms with van der Waals surface area (Å²) in [5.74, 6) is 0.545. The van der Waals surface area contributed by atoms with E-state index in [1.165, 1.54) is 22.9 Å². The van der Waals surface area contributed by atoms with Crippen LogP contribution in [0.5, 0.6) is 0 Å². The number of nitrogens with one attached hydrogen (secondary N) is 1.